The fourth-order valence-electron chi connectivity index (χ4n) is 2.59. The van der Waals surface area contributed by atoms with Crippen LogP contribution in [0.5, 0.6) is 0 Å². The van der Waals surface area contributed by atoms with E-state index in [4.69, 9.17) is 0 Å². The smallest absolute Gasteiger partial charge is 0.253 e. The van der Waals surface area contributed by atoms with Gasteiger partial charge in [0.1, 0.15) is 5.82 Å². The van der Waals surface area contributed by atoms with Crippen LogP contribution in [0.15, 0.2) is 18.2 Å². The molecule has 1 amide bonds. The van der Waals surface area contributed by atoms with Gasteiger partial charge in [0.05, 0.1) is 0 Å². The average molecular weight is 278 g/mol. The predicted molar refractivity (Wildman–Crippen MR) is 78.3 cm³/mol. The lowest BCUT2D eigenvalue weighted by atomic mass is 9.94. The molecule has 0 aromatic heterocycles. The molecule has 1 N–H and O–H groups in total. The zero-order valence-corrected chi connectivity index (χ0v) is 12.3. The number of rotatable bonds is 4. The highest BCUT2D eigenvalue weighted by Gasteiger charge is 2.17. The van der Waals surface area contributed by atoms with Crippen molar-refractivity contribution in [3.8, 4) is 0 Å². The maximum atomic E-state index is 13.5. The summed E-state index contributed by atoms with van der Waals surface area (Å²) in [5.74, 6) is 0.279. The lowest BCUT2D eigenvalue weighted by molar-refractivity contribution is 0.0784. The molecule has 110 valence electrons. The van der Waals surface area contributed by atoms with Crippen molar-refractivity contribution in [3.63, 3.8) is 0 Å². The number of aryl methyl sites for hydroxylation is 1. The highest BCUT2D eigenvalue weighted by molar-refractivity contribution is 5.94. The minimum absolute atomic E-state index is 0.0992. The van der Waals surface area contributed by atoms with Crippen molar-refractivity contribution in [3.05, 3.63) is 35.1 Å². The number of carbonyl (C=O) groups excluding carboxylic acids is 1. The number of halogens is 1. The number of hydrogen-bond acceptors (Lipinski definition) is 2. The summed E-state index contributed by atoms with van der Waals surface area (Å²) in [5.41, 5.74) is 1.000. The monoisotopic (exact) mass is 278 g/mol. The second kappa shape index (κ2) is 6.84. The third kappa shape index (κ3) is 3.79. The summed E-state index contributed by atoms with van der Waals surface area (Å²) in [7, 11) is 1.79. The van der Waals surface area contributed by atoms with Crippen molar-refractivity contribution < 1.29 is 9.18 Å². The molecule has 1 aliphatic heterocycles. The molecule has 0 unspecified atom stereocenters. The molecule has 0 saturated carbocycles. The fourth-order valence-corrected chi connectivity index (χ4v) is 2.59. The van der Waals surface area contributed by atoms with Crippen LogP contribution in [0.1, 0.15) is 35.2 Å². The molecular weight excluding hydrogens is 255 g/mol. The number of nitrogens with zero attached hydrogens (tertiary/aromatic N) is 1. The molecule has 1 saturated heterocycles. The second-order valence-corrected chi connectivity index (χ2v) is 5.67. The van der Waals surface area contributed by atoms with Gasteiger partial charge in [-0.25, -0.2) is 4.39 Å². The first-order valence-corrected chi connectivity index (χ1v) is 7.30. The summed E-state index contributed by atoms with van der Waals surface area (Å²) in [5, 5.41) is 3.34. The van der Waals surface area contributed by atoms with Crippen molar-refractivity contribution in [1.82, 2.24) is 10.2 Å². The zero-order chi connectivity index (χ0) is 14.5. The Bertz CT molecular complexity index is 470. The number of carbonyl (C=O) groups is 1. The Labute approximate surface area is 120 Å². The Morgan fingerprint density at radius 2 is 2.10 bits per heavy atom. The SMILES string of the molecule is Cc1ccc(C(=O)N(C)CCC2CCNCC2)cc1F. The first kappa shape index (κ1) is 15.0. The molecule has 20 heavy (non-hydrogen) atoms. The van der Waals surface area contributed by atoms with E-state index in [9.17, 15) is 9.18 Å². The van der Waals surface area contributed by atoms with Gasteiger partial charge >= 0.3 is 0 Å². The number of nitrogens with one attached hydrogen (secondary N) is 1. The lowest BCUT2D eigenvalue weighted by Gasteiger charge is -2.25. The molecule has 0 radical (unpaired) electrons. The van der Waals surface area contributed by atoms with E-state index >= 15 is 0 Å². The fraction of sp³-hybridized carbons (Fsp3) is 0.562. The Hall–Kier alpha value is -1.42. The largest absolute Gasteiger partial charge is 0.342 e. The molecule has 0 aliphatic carbocycles. The first-order valence-electron chi connectivity index (χ1n) is 7.30. The van der Waals surface area contributed by atoms with Gasteiger partial charge in [-0.15, -0.1) is 0 Å². The van der Waals surface area contributed by atoms with E-state index in [-0.39, 0.29) is 11.7 Å². The van der Waals surface area contributed by atoms with E-state index in [0.29, 0.717) is 17.0 Å². The van der Waals surface area contributed by atoms with Crippen molar-refractivity contribution in [2.24, 2.45) is 5.92 Å². The van der Waals surface area contributed by atoms with Gasteiger partial charge in [-0.2, -0.15) is 0 Å². The molecule has 1 aliphatic rings. The summed E-state index contributed by atoms with van der Waals surface area (Å²) < 4.78 is 13.5. The van der Waals surface area contributed by atoms with Gasteiger partial charge in [-0.05, 0) is 62.9 Å². The Kier molecular flexibility index (Phi) is 5.12. The van der Waals surface area contributed by atoms with Gasteiger partial charge in [0.15, 0.2) is 0 Å². The standard InChI is InChI=1S/C16H23FN2O/c1-12-3-4-14(11-15(12)17)16(20)19(2)10-7-13-5-8-18-9-6-13/h3-4,11,13,18H,5-10H2,1-2H3. The molecule has 3 nitrogen and oxygen atoms in total. The lowest BCUT2D eigenvalue weighted by Crippen LogP contribution is -2.32. The van der Waals surface area contributed by atoms with Crippen LogP contribution < -0.4 is 5.32 Å². The number of piperidine rings is 1. The molecule has 1 aromatic rings. The molecule has 1 heterocycles. The third-order valence-electron chi connectivity index (χ3n) is 4.10. The third-order valence-corrected chi connectivity index (χ3v) is 4.10. The van der Waals surface area contributed by atoms with Crippen molar-refractivity contribution in [1.29, 1.82) is 0 Å². The number of hydrogen-bond donors (Lipinski definition) is 1. The van der Waals surface area contributed by atoms with Crippen LogP contribution in [0.25, 0.3) is 0 Å². The minimum Gasteiger partial charge on any atom is -0.342 e. The van der Waals surface area contributed by atoms with E-state index < -0.39 is 0 Å². The van der Waals surface area contributed by atoms with E-state index in [1.165, 1.54) is 18.9 Å². The Balaban J connectivity index is 1.89. The molecule has 1 fully saturated rings. The number of benzene rings is 1. The maximum Gasteiger partial charge on any atom is 0.253 e. The van der Waals surface area contributed by atoms with Crippen LogP contribution >= 0.6 is 0 Å². The van der Waals surface area contributed by atoms with E-state index in [0.717, 1.165) is 26.1 Å². The van der Waals surface area contributed by atoms with Gasteiger partial charge < -0.3 is 10.2 Å². The molecule has 1 aromatic carbocycles. The van der Waals surface area contributed by atoms with Gasteiger partial charge in [0.2, 0.25) is 0 Å². The Morgan fingerprint density at radius 1 is 1.40 bits per heavy atom. The van der Waals surface area contributed by atoms with E-state index in [2.05, 4.69) is 5.32 Å². The van der Waals surface area contributed by atoms with Crippen LogP contribution in [-0.2, 0) is 0 Å². The van der Waals surface area contributed by atoms with E-state index in [1.54, 1.807) is 31.0 Å². The maximum absolute atomic E-state index is 13.5. The average Bonchev–Trinajstić information content (AvgIpc) is 2.48. The van der Waals surface area contributed by atoms with Crippen molar-refractivity contribution >= 4 is 5.91 Å². The minimum atomic E-state index is -0.317. The molecule has 2 rings (SSSR count). The summed E-state index contributed by atoms with van der Waals surface area (Å²) >= 11 is 0. The predicted octanol–water partition coefficient (Wildman–Crippen LogP) is 2.60. The van der Waals surface area contributed by atoms with Gasteiger partial charge in [0, 0.05) is 19.2 Å². The quantitative estimate of drug-likeness (QED) is 0.918. The summed E-state index contributed by atoms with van der Waals surface area (Å²) in [6.45, 7) is 4.58. The normalized spacial score (nSPS) is 16.1. The molecule has 0 bridgehead atoms. The van der Waals surface area contributed by atoms with Crippen LogP contribution in [0.3, 0.4) is 0 Å². The van der Waals surface area contributed by atoms with Crippen LogP contribution in [-0.4, -0.2) is 37.5 Å². The van der Waals surface area contributed by atoms with Crippen LogP contribution in [0.2, 0.25) is 0 Å². The molecule has 0 atom stereocenters. The molecule has 0 spiro atoms. The Morgan fingerprint density at radius 3 is 2.75 bits per heavy atom. The molecular formula is C16H23FN2O. The highest BCUT2D eigenvalue weighted by atomic mass is 19.1. The topological polar surface area (TPSA) is 32.3 Å². The summed E-state index contributed by atoms with van der Waals surface area (Å²) in [6, 6.07) is 4.68. The van der Waals surface area contributed by atoms with Gasteiger partial charge in [-0.3, -0.25) is 4.79 Å². The van der Waals surface area contributed by atoms with Crippen molar-refractivity contribution in [2.75, 3.05) is 26.7 Å². The highest BCUT2D eigenvalue weighted by Crippen LogP contribution is 2.17. The number of amides is 1. The van der Waals surface area contributed by atoms with Crippen molar-refractivity contribution in [2.45, 2.75) is 26.2 Å². The van der Waals surface area contributed by atoms with Crippen LogP contribution in [0.4, 0.5) is 4.39 Å². The summed E-state index contributed by atoms with van der Waals surface area (Å²) in [6.07, 6.45) is 3.39. The van der Waals surface area contributed by atoms with Gasteiger partial charge in [-0.1, -0.05) is 6.07 Å². The van der Waals surface area contributed by atoms with Crippen LogP contribution in [0, 0.1) is 18.7 Å². The van der Waals surface area contributed by atoms with Gasteiger partial charge in [0.25, 0.3) is 5.91 Å². The molecule has 4 heteroatoms. The summed E-state index contributed by atoms with van der Waals surface area (Å²) in [4.78, 5) is 13.9. The first-order chi connectivity index (χ1) is 9.58. The zero-order valence-electron chi connectivity index (χ0n) is 12.3. The second-order valence-electron chi connectivity index (χ2n) is 5.67. The van der Waals surface area contributed by atoms with E-state index in [1.807, 2.05) is 0 Å².